The average Bonchev–Trinajstić information content (AvgIpc) is 3.29. The van der Waals surface area contributed by atoms with Crippen LogP contribution >= 0.6 is 0 Å². The Bertz CT molecular complexity index is 792. The molecule has 0 unspecified atom stereocenters. The topological polar surface area (TPSA) is 88.4 Å². The lowest BCUT2D eigenvalue weighted by Crippen LogP contribution is -2.44. The van der Waals surface area contributed by atoms with E-state index in [1.165, 1.54) is 0 Å². The van der Waals surface area contributed by atoms with Gasteiger partial charge in [-0.1, -0.05) is 6.07 Å². The SMILES string of the molecule is NC(=O)[C@H]1CCO[C@@H]1C1CCN(C(=O)c2ccc3cc[nH]c3c2)CC1. The Labute approximate surface area is 146 Å². The van der Waals surface area contributed by atoms with Gasteiger partial charge in [-0.2, -0.15) is 0 Å². The smallest absolute Gasteiger partial charge is 0.253 e. The largest absolute Gasteiger partial charge is 0.377 e. The third kappa shape index (κ3) is 3.02. The number of rotatable bonds is 3. The molecule has 2 amide bonds. The lowest BCUT2D eigenvalue weighted by Gasteiger charge is -2.35. The van der Waals surface area contributed by atoms with Gasteiger partial charge < -0.3 is 20.4 Å². The summed E-state index contributed by atoms with van der Waals surface area (Å²) in [4.78, 5) is 29.4. The van der Waals surface area contributed by atoms with E-state index in [1.807, 2.05) is 35.4 Å². The van der Waals surface area contributed by atoms with Crippen molar-refractivity contribution in [2.24, 2.45) is 17.6 Å². The molecule has 2 atom stereocenters. The third-order valence-electron chi connectivity index (χ3n) is 5.59. The van der Waals surface area contributed by atoms with Gasteiger partial charge in [0, 0.05) is 37.0 Å². The second-order valence-electron chi connectivity index (χ2n) is 7.04. The van der Waals surface area contributed by atoms with Crippen molar-refractivity contribution in [2.45, 2.75) is 25.4 Å². The van der Waals surface area contributed by atoms with E-state index in [0.717, 1.165) is 30.2 Å². The van der Waals surface area contributed by atoms with Crippen LogP contribution in [0.2, 0.25) is 0 Å². The van der Waals surface area contributed by atoms with Crippen molar-refractivity contribution in [3.8, 4) is 0 Å². The maximum Gasteiger partial charge on any atom is 0.253 e. The van der Waals surface area contributed by atoms with Gasteiger partial charge in [0.05, 0.1) is 12.0 Å². The fourth-order valence-electron chi connectivity index (χ4n) is 4.17. The molecule has 1 aromatic heterocycles. The van der Waals surface area contributed by atoms with Crippen molar-refractivity contribution in [1.29, 1.82) is 0 Å². The fourth-order valence-corrected chi connectivity index (χ4v) is 4.17. The number of carbonyl (C=O) groups is 2. The summed E-state index contributed by atoms with van der Waals surface area (Å²) in [6.07, 6.45) is 4.22. The molecule has 0 radical (unpaired) electrons. The Morgan fingerprint density at radius 3 is 2.72 bits per heavy atom. The molecule has 0 bridgehead atoms. The highest BCUT2D eigenvalue weighted by molar-refractivity contribution is 5.98. The number of hydrogen-bond acceptors (Lipinski definition) is 3. The number of hydrogen-bond donors (Lipinski definition) is 2. The summed E-state index contributed by atoms with van der Waals surface area (Å²) in [5.74, 6) is -0.0773. The number of benzene rings is 1. The van der Waals surface area contributed by atoms with Gasteiger partial charge in [0.25, 0.3) is 5.91 Å². The van der Waals surface area contributed by atoms with Crippen molar-refractivity contribution in [3.05, 3.63) is 36.0 Å². The number of ether oxygens (including phenoxy) is 1. The minimum Gasteiger partial charge on any atom is -0.377 e. The highest BCUT2D eigenvalue weighted by atomic mass is 16.5. The fraction of sp³-hybridized carbons (Fsp3) is 0.474. The molecule has 3 heterocycles. The molecule has 3 N–H and O–H groups in total. The number of likely N-dealkylation sites (tertiary alicyclic amines) is 1. The number of amides is 2. The summed E-state index contributed by atoms with van der Waals surface area (Å²) in [7, 11) is 0. The second kappa shape index (κ2) is 6.52. The molecular weight excluding hydrogens is 318 g/mol. The summed E-state index contributed by atoms with van der Waals surface area (Å²) in [6.45, 7) is 1.99. The number of piperidine rings is 1. The monoisotopic (exact) mass is 341 g/mol. The van der Waals surface area contributed by atoms with Crippen LogP contribution in [-0.4, -0.2) is 47.5 Å². The van der Waals surface area contributed by atoms with Crippen molar-refractivity contribution < 1.29 is 14.3 Å². The lowest BCUT2D eigenvalue weighted by molar-refractivity contribution is -0.124. The minimum absolute atomic E-state index is 0.0636. The van der Waals surface area contributed by atoms with Crippen LogP contribution in [0.5, 0.6) is 0 Å². The van der Waals surface area contributed by atoms with Gasteiger partial charge in [-0.3, -0.25) is 9.59 Å². The first-order valence-corrected chi connectivity index (χ1v) is 8.91. The summed E-state index contributed by atoms with van der Waals surface area (Å²) >= 11 is 0. The number of nitrogens with one attached hydrogen (secondary N) is 1. The zero-order valence-corrected chi connectivity index (χ0v) is 14.1. The second-order valence-corrected chi connectivity index (χ2v) is 7.04. The Balaban J connectivity index is 1.41. The van der Waals surface area contributed by atoms with E-state index in [-0.39, 0.29) is 23.8 Å². The number of primary amides is 1. The molecule has 25 heavy (non-hydrogen) atoms. The highest BCUT2D eigenvalue weighted by Crippen LogP contribution is 2.33. The number of carbonyl (C=O) groups excluding carboxylic acids is 2. The maximum atomic E-state index is 12.8. The molecule has 2 aliphatic rings. The molecule has 4 rings (SSSR count). The van der Waals surface area contributed by atoms with Crippen LogP contribution in [-0.2, 0) is 9.53 Å². The summed E-state index contributed by atoms with van der Waals surface area (Å²) in [5.41, 5.74) is 7.18. The van der Waals surface area contributed by atoms with Gasteiger partial charge in [0.15, 0.2) is 0 Å². The van der Waals surface area contributed by atoms with Crippen LogP contribution in [0.1, 0.15) is 29.6 Å². The third-order valence-corrected chi connectivity index (χ3v) is 5.59. The highest BCUT2D eigenvalue weighted by Gasteiger charge is 2.39. The van der Waals surface area contributed by atoms with Gasteiger partial charge >= 0.3 is 0 Å². The number of H-pyrrole nitrogens is 1. The molecule has 0 aliphatic carbocycles. The quantitative estimate of drug-likeness (QED) is 0.894. The van der Waals surface area contributed by atoms with Crippen LogP contribution in [0.25, 0.3) is 10.9 Å². The molecule has 6 nitrogen and oxygen atoms in total. The Kier molecular flexibility index (Phi) is 4.21. The Hall–Kier alpha value is -2.34. The summed E-state index contributed by atoms with van der Waals surface area (Å²) in [5, 5.41) is 1.10. The van der Waals surface area contributed by atoms with Gasteiger partial charge in [-0.05, 0) is 48.8 Å². The van der Waals surface area contributed by atoms with E-state index in [0.29, 0.717) is 31.2 Å². The normalized spacial score (nSPS) is 24.7. The molecular formula is C19H23N3O3. The van der Waals surface area contributed by atoms with E-state index in [4.69, 9.17) is 10.5 Å². The molecule has 2 fully saturated rings. The predicted molar refractivity (Wildman–Crippen MR) is 94.0 cm³/mol. The lowest BCUT2D eigenvalue weighted by atomic mass is 9.84. The van der Waals surface area contributed by atoms with E-state index in [1.54, 1.807) is 0 Å². The van der Waals surface area contributed by atoms with Crippen molar-refractivity contribution in [2.75, 3.05) is 19.7 Å². The summed E-state index contributed by atoms with van der Waals surface area (Å²) in [6, 6.07) is 7.75. The first kappa shape index (κ1) is 16.1. The number of nitrogens with zero attached hydrogens (tertiary/aromatic N) is 1. The van der Waals surface area contributed by atoms with E-state index in [9.17, 15) is 9.59 Å². The van der Waals surface area contributed by atoms with E-state index in [2.05, 4.69) is 4.98 Å². The number of fused-ring (bicyclic) bond motifs is 1. The molecule has 0 spiro atoms. The van der Waals surface area contributed by atoms with Crippen LogP contribution in [0.3, 0.4) is 0 Å². The van der Waals surface area contributed by atoms with Crippen molar-refractivity contribution in [3.63, 3.8) is 0 Å². The van der Waals surface area contributed by atoms with Crippen LogP contribution in [0.15, 0.2) is 30.5 Å². The van der Waals surface area contributed by atoms with Crippen molar-refractivity contribution >= 4 is 22.7 Å². The van der Waals surface area contributed by atoms with Crippen LogP contribution in [0, 0.1) is 11.8 Å². The molecule has 2 saturated heterocycles. The summed E-state index contributed by atoms with van der Waals surface area (Å²) < 4.78 is 5.78. The predicted octanol–water partition coefficient (Wildman–Crippen LogP) is 1.91. The minimum atomic E-state index is -0.264. The van der Waals surface area contributed by atoms with E-state index >= 15 is 0 Å². The van der Waals surface area contributed by atoms with E-state index < -0.39 is 0 Å². The standard InChI is InChI=1S/C19H23N3O3/c20-18(23)15-6-10-25-17(15)13-4-8-22(9-5-13)19(24)14-2-1-12-3-7-21-16(12)11-14/h1-3,7,11,13,15,17,21H,4-6,8-10H2,(H2,20,23)/t15-,17+/m0/s1. The Morgan fingerprint density at radius 2 is 1.96 bits per heavy atom. The molecule has 2 aromatic rings. The van der Waals surface area contributed by atoms with Gasteiger partial charge in [-0.25, -0.2) is 0 Å². The number of aromatic nitrogens is 1. The first-order valence-electron chi connectivity index (χ1n) is 8.91. The van der Waals surface area contributed by atoms with Gasteiger partial charge in [0.1, 0.15) is 0 Å². The van der Waals surface area contributed by atoms with Gasteiger partial charge in [-0.15, -0.1) is 0 Å². The van der Waals surface area contributed by atoms with Crippen molar-refractivity contribution in [1.82, 2.24) is 9.88 Å². The maximum absolute atomic E-state index is 12.8. The molecule has 6 heteroatoms. The van der Waals surface area contributed by atoms with Crippen LogP contribution < -0.4 is 5.73 Å². The molecule has 2 aliphatic heterocycles. The van der Waals surface area contributed by atoms with Crippen LogP contribution in [0.4, 0.5) is 0 Å². The molecule has 1 aromatic carbocycles. The zero-order chi connectivity index (χ0) is 17.4. The average molecular weight is 341 g/mol. The van der Waals surface area contributed by atoms with Gasteiger partial charge in [0.2, 0.25) is 5.91 Å². The molecule has 0 saturated carbocycles. The number of aromatic amines is 1. The zero-order valence-electron chi connectivity index (χ0n) is 14.1. The number of nitrogens with two attached hydrogens (primary N) is 1. The molecule has 132 valence electrons. The Morgan fingerprint density at radius 1 is 1.16 bits per heavy atom. The first-order chi connectivity index (χ1) is 12.1.